The molecule has 5 unspecified atom stereocenters. The van der Waals surface area contributed by atoms with Gasteiger partial charge in [0.1, 0.15) is 18.8 Å². The van der Waals surface area contributed by atoms with Crippen molar-refractivity contribution in [1.29, 1.82) is 0 Å². The molecule has 1 heterocycles. The van der Waals surface area contributed by atoms with Crippen molar-refractivity contribution < 1.29 is 31.7 Å². The molecule has 23 heavy (non-hydrogen) atoms. The Morgan fingerprint density at radius 2 is 2.09 bits per heavy atom. The molecule has 1 amide bonds. The molecule has 3 rings (SSSR count). The fourth-order valence-electron chi connectivity index (χ4n) is 3.63. The zero-order valence-electron chi connectivity index (χ0n) is 12.7. The topological polar surface area (TPSA) is 108 Å². The van der Waals surface area contributed by atoms with Crippen LogP contribution in [-0.4, -0.2) is 51.1 Å². The number of rotatable bonds is 5. The third-order valence-electron chi connectivity index (χ3n) is 4.61. The van der Waals surface area contributed by atoms with Crippen LogP contribution in [0.2, 0.25) is 0 Å². The van der Waals surface area contributed by atoms with Crippen LogP contribution < -0.4 is 5.32 Å². The number of nitrogens with one attached hydrogen (secondary N) is 1. The lowest BCUT2D eigenvalue weighted by molar-refractivity contribution is -0.138. The van der Waals surface area contributed by atoms with Gasteiger partial charge in [-0.2, -0.15) is 8.42 Å². The van der Waals surface area contributed by atoms with Gasteiger partial charge in [0.2, 0.25) is 0 Å². The summed E-state index contributed by atoms with van der Waals surface area (Å²) in [6.45, 7) is 5.08. The van der Waals surface area contributed by atoms with Crippen LogP contribution in [0.5, 0.6) is 0 Å². The number of carbonyl (C=O) groups is 2. The van der Waals surface area contributed by atoms with E-state index in [4.69, 9.17) is 13.7 Å². The van der Waals surface area contributed by atoms with Crippen LogP contribution in [0.1, 0.15) is 19.8 Å². The van der Waals surface area contributed by atoms with Gasteiger partial charge in [0, 0.05) is 17.4 Å². The third kappa shape index (κ3) is 2.94. The molecule has 2 aliphatic carbocycles. The summed E-state index contributed by atoms with van der Waals surface area (Å²) in [5.74, 6) is -0.567. The molecular weight excluding hydrogens is 326 g/mol. The Morgan fingerprint density at radius 1 is 1.35 bits per heavy atom. The number of ether oxygens (including phenoxy) is 2. The Balaban J connectivity index is 1.45. The maximum Gasteiger partial charge on any atom is 0.407 e. The molecule has 0 spiro atoms. The number of hydrogen-bond acceptors (Lipinski definition) is 7. The number of esters is 1. The Bertz CT molecular complexity index is 644. The van der Waals surface area contributed by atoms with Gasteiger partial charge >= 0.3 is 12.1 Å². The van der Waals surface area contributed by atoms with Crippen molar-refractivity contribution in [2.45, 2.75) is 37.2 Å². The van der Waals surface area contributed by atoms with Crippen LogP contribution in [0.25, 0.3) is 0 Å². The van der Waals surface area contributed by atoms with Crippen LogP contribution >= 0.6 is 0 Å². The van der Waals surface area contributed by atoms with E-state index in [2.05, 4.69) is 11.9 Å². The molecule has 3 fully saturated rings. The van der Waals surface area contributed by atoms with Crippen molar-refractivity contribution in [3.63, 3.8) is 0 Å². The molecule has 0 radical (unpaired) electrons. The molecule has 0 aromatic rings. The summed E-state index contributed by atoms with van der Waals surface area (Å²) in [5, 5.41) is 2.03. The molecule has 1 aliphatic heterocycles. The molecule has 9 heteroatoms. The number of carbonyl (C=O) groups excluding carboxylic acids is 2. The first-order chi connectivity index (χ1) is 10.8. The summed E-state index contributed by atoms with van der Waals surface area (Å²) in [5.41, 5.74) is 0.281. The van der Waals surface area contributed by atoms with Gasteiger partial charge in [-0.15, -0.1) is 0 Å². The van der Waals surface area contributed by atoms with E-state index in [-0.39, 0.29) is 30.6 Å². The lowest BCUT2D eigenvalue weighted by atomic mass is 9.94. The first-order valence-corrected chi connectivity index (χ1v) is 8.96. The number of amides is 1. The van der Waals surface area contributed by atoms with Gasteiger partial charge in [-0.1, -0.05) is 6.58 Å². The van der Waals surface area contributed by atoms with Crippen molar-refractivity contribution >= 4 is 22.2 Å². The third-order valence-corrected chi connectivity index (χ3v) is 6.38. The molecule has 3 aliphatic rings. The normalized spacial score (nSPS) is 35.8. The van der Waals surface area contributed by atoms with Gasteiger partial charge in [-0.25, -0.2) is 9.59 Å². The number of fused-ring (bicyclic) bond motifs is 1. The van der Waals surface area contributed by atoms with Crippen molar-refractivity contribution in [2.75, 3.05) is 13.2 Å². The second-order valence-corrected chi connectivity index (χ2v) is 7.98. The summed E-state index contributed by atoms with van der Waals surface area (Å²) in [7, 11) is -3.52. The van der Waals surface area contributed by atoms with E-state index in [1.165, 1.54) is 6.92 Å². The highest BCUT2D eigenvalue weighted by Crippen LogP contribution is 2.55. The minimum absolute atomic E-state index is 0.00783. The largest absolute Gasteiger partial charge is 0.460 e. The van der Waals surface area contributed by atoms with E-state index in [0.29, 0.717) is 12.8 Å². The van der Waals surface area contributed by atoms with Crippen LogP contribution in [0.3, 0.4) is 0 Å². The smallest absolute Gasteiger partial charge is 0.407 e. The highest BCUT2D eigenvalue weighted by atomic mass is 32.2. The summed E-state index contributed by atoms with van der Waals surface area (Å²) in [6, 6.07) is 0. The standard InChI is InChI=1S/C14H19NO7S/c1-7(2)13(16)20-4-3-15-14(17)21-11-8-5-9-10(6-8)23(18,19)22-12(9)11/h8-12H,1,3-6H2,2H3,(H,15,17). The van der Waals surface area contributed by atoms with Crippen LogP contribution in [-0.2, 0) is 28.6 Å². The van der Waals surface area contributed by atoms with E-state index >= 15 is 0 Å². The maximum absolute atomic E-state index is 11.8. The SMILES string of the molecule is C=C(C)C(=O)OCCNC(=O)OC1C2CC3C1OS(=O)(=O)C3C2. The van der Waals surface area contributed by atoms with Gasteiger partial charge in [0.05, 0.1) is 11.8 Å². The minimum atomic E-state index is -3.52. The first-order valence-electron chi connectivity index (χ1n) is 7.49. The van der Waals surface area contributed by atoms with E-state index in [9.17, 15) is 18.0 Å². The van der Waals surface area contributed by atoms with Gasteiger partial charge in [0.25, 0.3) is 10.1 Å². The maximum atomic E-state index is 11.8. The van der Waals surface area contributed by atoms with E-state index in [0.717, 1.165) is 0 Å². The zero-order chi connectivity index (χ0) is 16.8. The second kappa shape index (κ2) is 5.79. The summed E-state index contributed by atoms with van der Waals surface area (Å²) in [6.07, 6.45) is -0.568. The predicted molar refractivity (Wildman–Crippen MR) is 77.8 cm³/mol. The van der Waals surface area contributed by atoms with E-state index in [1.54, 1.807) is 0 Å². The average molecular weight is 345 g/mol. The molecule has 8 nitrogen and oxygen atoms in total. The van der Waals surface area contributed by atoms with Crippen molar-refractivity contribution in [3.05, 3.63) is 12.2 Å². The van der Waals surface area contributed by atoms with Crippen LogP contribution in [0.15, 0.2) is 12.2 Å². The zero-order valence-corrected chi connectivity index (χ0v) is 13.5. The predicted octanol–water partition coefficient (Wildman–Crippen LogP) is 0.338. The van der Waals surface area contributed by atoms with Crippen molar-refractivity contribution in [3.8, 4) is 0 Å². The number of hydrogen-bond donors (Lipinski definition) is 1. The Hall–Kier alpha value is -1.61. The van der Waals surface area contributed by atoms with Crippen molar-refractivity contribution in [1.82, 2.24) is 5.32 Å². The Kier molecular flexibility index (Phi) is 4.09. The minimum Gasteiger partial charge on any atom is -0.460 e. The fourth-order valence-corrected chi connectivity index (χ4v) is 5.51. The first kappa shape index (κ1) is 16.3. The lowest BCUT2D eigenvalue weighted by Gasteiger charge is -2.24. The molecule has 0 aromatic heterocycles. The average Bonchev–Trinajstić information content (AvgIpc) is 3.07. The van der Waals surface area contributed by atoms with Gasteiger partial charge in [-0.3, -0.25) is 4.18 Å². The molecule has 128 valence electrons. The molecule has 0 aromatic carbocycles. The van der Waals surface area contributed by atoms with E-state index < -0.39 is 39.6 Å². The van der Waals surface area contributed by atoms with Crippen LogP contribution in [0, 0.1) is 11.8 Å². The second-order valence-electron chi connectivity index (χ2n) is 6.20. The lowest BCUT2D eigenvalue weighted by Crippen LogP contribution is -2.40. The quantitative estimate of drug-likeness (QED) is 0.331. The van der Waals surface area contributed by atoms with Crippen molar-refractivity contribution in [2.24, 2.45) is 11.8 Å². The fraction of sp³-hybridized carbons (Fsp3) is 0.714. The Morgan fingerprint density at radius 3 is 2.78 bits per heavy atom. The molecule has 5 atom stereocenters. The molecule has 2 saturated carbocycles. The molecule has 2 bridgehead atoms. The van der Waals surface area contributed by atoms with Gasteiger partial charge < -0.3 is 14.8 Å². The van der Waals surface area contributed by atoms with E-state index in [1.807, 2.05) is 0 Å². The Labute approximate surface area is 134 Å². The highest BCUT2D eigenvalue weighted by Gasteiger charge is 2.65. The van der Waals surface area contributed by atoms with Crippen LogP contribution in [0.4, 0.5) is 4.79 Å². The van der Waals surface area contributed by atoms with Gasteiger partial charge in [0.15, 0.2) is 0 Å². The number of alkyl carbamates (subject to hydrolysis) is 1. The van der Waals surface area contributed by atoms with Gasteiger partial charge in [-0.05, 0) is 19.8 Å². The summed E-state index contributed by atoms with van der Waals surface area (Å²) in [4.78, 5) is 23.0. The summed E-state index contributed by atoms with van der Waals surface area (Å²) < 4.78 is 38.9. The summed E-state index contributed by atoms with van der Waals surface area (Å²) >= 11 is 0. The molecule has 1 N–H and O–H groups in total. The highest BCUT2D eigenvalue weighted by molar-refractivity contribution is 7.87. The molecular formula is C14H19NO7S. The monoisotopic (exact) mass is 345 g/mol. The molecule has 1 saturated heterocycles.